The van der Waals surface area contributed by atoms with Crippen LogP contribution in [0.15, 0.2) is 47.4 Å². The monoisotopic (exact) mass is 275 g/mol. The van der Waals surface area contributed by atoms with E-state index in [1.807, 2.05) is 36.4 Å². The maximum atomic E-state index is 5.81. The van der Waals surface area contributed by atoms with Crippen molar-refractivity contribution in [1.29, 1.82) is 0 Å². The molecule has 0 amide bonds. The standard InChI is InChI=1S/C15H17NO2S/c1-17-13-4-3-5-14(9-13)19-10-11-8-12(16)6-7-15(11)18-2/h3-9H,10,16H2,1-2H3. The van der Waals surface area contributed by atoms with Gasteiger partial charge in [0.2, 0.25) is 0 Å². The van der Waals surface area contributed by atoms with Gasteiger partial charge in [-0.1, -0.05) is 6.07 Å². The maximum Gasteiger partial charge on any atom is 0.123 e. The van der Waals surface area contributed by atoms with Crippen LogP contribution in [0.4, 0.5) is 5.69 Å². The zero-order chi connectivity index (χ0) is 13.7. The third kappa shape index (κ3) is 3.58. The van der Waals surface area contributed by atoms with Crippen molar-refractivity contribution in [2.24, 2.45) is 0 Å². The van der Waals surface area contributed by atoms with E-state index in [0.717, 1.165) is 33.4 Å². The second kappa shape index (κ2) is 6.38. The minimum atomic E-state index is 0.752. The third-order valence-electron chi connectivity index (χ3n) is 2.74. The van der Waals surface area contributed by atoms with Gasteiger partial charge >= 0.3 is 0 Å². The van der Waals surface area contributed by atoms with Crippen molar-refractivity contribution in [1.82, 2.24) is 0 Å². The first-order valence-electron chi connectivity index (χ1n) is 5.92. The Hall–Kier alpha value is -1.81. The first-order chi connectivity index (χ1) is 9.22. The lowest BCUT2D eigenvalue weighted by atomic mass is 10.2. The molecule has 2 rings (SSSR count). The zero-order valence-electron chi connectivity index (χ0n) is 11.1. The molecule has 0 heterocycles. The second-order valence-electron chi connectivity index (χ2n) is 4.04. The summed E-state index contributed by atoms with van der Waals surface area (Å²) < 4.78 is 10.6. The molecule has 0 saturated heterocycles. The Kier molecular flexibility index (Phi) is 4.58. The number of hydrogen-bond donors (Lipinski definition) is 1. The molecule has 2 aromatic rings. The Morgan fingerprint density at radius 3 is 2.63 bits per heavy atom. The molecule has 0 unspecified atom stereocenters. The average molecular weight is 275 g/mol. The van der Waals surface area contributed by atoms with Crippen LogP contribution in [0.5, 0.6) is 11.5 Å². The number of rotatable bonds is 5. The molecule has 3 nitrogen and oxygen atoms in total. The number of nitrogens with two attached hydrogens (primary N) is 1. The normalized spacial score (nSPS) is 10.2. The van der Waals surface area contributed by atoms with Gasteiger partial charge in [0.1, 0.15) is 11.5 Å². The van der Waals surface area contributed by atoms with Crippen LogP contribution >= 0.6 is 11.8 Å². The molecule has 2 N–H and O–H groups in total. The van der Waals surface area contributed by atoms with Crippen molar-refractivity contribution in [2.75, 3.05) is 20.0 Å². The van der Waals surface area contributed by atoms with Gasteiger partial charge in [0.15, 0.2) is 0 Å². The predicted molar refractivity (Wildman–Crippen MR) is 80.0 cm³/mol. The van der Waals surface area contributed by atoms with Gasteiger partial charge in [-0.2, -0.15) is 0 Å². The minimum absolute atomic E-state index is 0.752. The fraction of sp³-hybridized carbons (Fsp3) is 0.200. The molecule has 0 aliphatic heterocycles. The molecular weight excluding hydrogens is 258 g/mol. The fourth-order valence-corrected chi connectivity index (χ4v) is 2.69. The molecule has 100 valence electrons. The van der Waals surface area contributed by atoms with Gasteiger partial charge < -0.3 is 15.2 Å². The highest BCUT2D eigenvalue weighted by atomic mass is 32.2. The van der Waals surface area contributed by atoms with Crippen LogP contribution in [-0.2, 0) is 5.75 Å². The number of ether oxygens (including phenoxy) is 2. The fourth-order valence-electron chi connectivity index (χ4n) is 1.76. The van der Waals surface area contributed by atoms with E-state index in [4.69, 9.17) is 15.2 Å². The molecule has 0 radical (unpaired) electrons. The molecule has 4 heteroatoms. The van der Waals surface area contributed by atoms with Gasteiger partial charge in [0, 0.05) is 21.9 Å². The highest BCUT2D eigenvalue weighted by Crippen LogP contribution is 2.30. The van der Waals surface area contributed by atoms with E-state index in [2.05, 4.69) is 6.07 Å². The molecule has 19 heavy (non-hydrogen) atoms. The van der Waals surface area contributed by atoms with Crippen LogP contribution in [-0.4, -0.2) is 14.2 Å². The van der Waals surface area contributed by atoms with Crippen molar-refractivity contribution in [2.45, 2.75) is 10.6 Å². The van der Waals surface area contributed by atoms with Crippen LogP contribution in [0.25, 0.3) is 0 Å². The summed E-state index contributed by atoms with van der Waals surface area (Å²) in [5.41, 5.74) is 7.66. The van der Waals surface area contributed by atoms with Gasteiger partial charge in [0.05, 0.1) is 14.2 Å². The molecule has 2 aromatic carbocycles. The van der Waals surface area contributed by atoms with Gasteiger partial charge in [-0.15, -0.1) is 11.8 Å². The van der Waals surface area contributed by atoms with Crippen molar-refractivity contribution in [3.05, 3.63) is 48.0 Å². The van der Waals surface area contributed by atoms with E-state index < -0.39 is 0 Å². The smallest absolute Gasteiger partial charge is 0.123 e. The van der Waals surface area contributed by atoms with Crippen molar-refractivity contribution in [3.8, 4) is 11.5 Å². The number of benzene rings is 2. The summed E-state index contributed by atoms with van der Waals surface area (Å²) in [6, 6.07) is 13.7. The van der Waals surface area contributed by atoms with Crippen molar-refractivity contribution in [3.63, 3.8) is 0 Å². The Balaban J connectivity index is 2.11. The number of nitrogen functional groups attached to an aromatic ring is 1. The SMILES string of the molecule is COc1cccc(SCc2cc(N)ccc2OC)c1. The minimum Gasteiger partial charge on any atom is -0.497 e. The lowest BCUT2D eigenvalue weighted by molar-refractivity contribution is 0.411. The van der Waals surface area contributed by atoms with Gasteiger partial charge in [-0.05, 0) is 36.4 Å². The molecule has 0 atom stereocenters. The van der Waals surface area contributed by atoms with Crippen molar-refractivity contribution >= 4 is 17.4 Å². The number of hydrogen-bond acceptors (Lipinski definition) is 4. The average Bonchev–Trinajstić information content (AvgIpc) is 2.45. The Morgan fingerprint density at radius 1 is 1.05 bits per heavy atom. The molecule has 0 spiro atoms. The molecule has 0 aliphatic carbocycles. The summed E-state index contributed by atoms with van der Waals surface area (Å²) in [5.74, 6) is 2.54. The summed E-state index contributed by atoms with van der Waals surface area (Å²) >= 11 is 1.73. The largest absolute Gasteiger partial charge is 0.497 e. The number of thioether (sulfide) groups is 1. The van der Waals surface area contributed by atoms with Crippen LogP contribution in [0, 0.1) is 0 Å². The van der Waals surface area contributed by atoms with Gasteiger partial charge in [0.25, 0.3) is 0 Å². The molecule has 0 bridgehead atoms. The lowest BCUT2D eigenvalue weighted by Gasteiger charge is -2.09. The van der Waals surface area contributed by atoms with E-state index in [1.54, 1.807) is 26.0 Å². The van der Waals surface area contributed by atoms with Crippen LogP contribution in [0.1, 0.15) is 5.56 Å². The van der Waals surface area contributed by atoms with Crippen LogP contribution in [0.2, 0.25) is 0 Å². The lowest BCUT2D eigenvalue weighted by Crippen LogP contribution is -1.93. The van der Waals surface area contributed by atoms with Crippen LogP contribution < -0.4 is 15.2 Å². The Morgan fingerprint density at radius 2 is 1.89 bits per heavy atom. The Bertz CT molecular complexity index is 558. The first-order valence-corrected chi connectivity index (χ1v) is 6.90. The molecular formula is C15H17NO2S. The van der Waals surface area contributed by atoms with E-state index >= 15 is 0 Å². The summed E-state index contributed by atoms with van der Waals surface area (Å²) in [4.78, 5) is 1.16. The second-order valence-corrected chi connectivity index (χ2v) is 5.09. The summed E-state index contributed by atoms with van der Waals surface area (Å²) in [6.45, 7) is 0. The first kappa shape index (κ1) is 13.6. The van der Waals surface area contributed by atoms with Crippen LogP contribution in [0.3, 0.4) is 0 Å². The highest BCUT2D eigenvalue weighted by Gasteiger charge is 2.05. The topological polar surface area (TPSA) is 44.5 Å². The number of methoxy groups -OCH3 is 2. The molecule has 0 aromatic heterocycles. The highest BCUT2D eigenvalue weighted by molar-refractivity contribution is 7.98. The molecule has 0 aliphatic rings. The van der Waals surface area contributed by atoms with Gasteiger partial charge in [-0.3, -0.25) is 0 Å². The molecule has 0 saturated carbocycles. The van der Waals surface area contributed by atoms with Crippen molar-refractivity contribution < 1.29 is 9.47 Å². The van der Waals surface area contributed by atoms with E-state index in [1.165, 1.54) is 0 Å². The van der Waals surface area contributed by atoms with Gasteiger partial charge in [-0.25, -0.2) is 0 Å². The summed E-state index contributed by atoms with van der Waals surface area (Å²) in [5, 5.41) is 0. The quantitative estimate of drug-likeness (QED) is 0.669. The predicted octanol–water partition coefficient (Wildman–Crippen LogP) is 3.58. The van der Waals surface area contributed by atoms with E-state index in [-0.39, 0.29) is 0 Å². The summed E-state index contributed by atoms with van der Waals surface area (Å²) in [6.07, 6.45) is 0. The Labute approximate surface area is 117 Å². The third-order valence-corrected chi connectivity index (χ3v) is 3.78. The maximum absolute atomic E-state index is 5.81. The van der Waals surface area contributed by atoms with E-state index in [9.17, 15) is 0 Å². The number of anilines is 1. The summed E-state index contributed by atoms with van der Waals surface area (Å²) in [7, 11) is 3.34. The molecule has 0 fully saturated rings. The zero-order valence-corrected chi connectivity index (χ0v) is 11.9. The van der Waals surface area contributed by atoms with E-state index in [0.29, 0.717) is 0 Å².